The first-order valence-electron chi connectivity index (χ1n) is 9.48. The van der Waals surface area contributed by atoms with Crippen LogP contribution < -0.4 is 24.4 Å². The van der Waals surface area contributed by atoms with E-state index in [4.69, 9.17) is 14.2 Å². The predicted octanol–water partition coefficient (Wildman–Crippen LogP) is 4.31. The summed E-state index contributed by atoms with van der Waals surface area (Å²) in [6, 6.07) is 12.4. The summed E-state index contributed by atoms with van der Waals surface area (Å²) in [4.78, 5) is 28.1. The molecule has 2 heterocycles. The average Bonchev–Trinajstić information content (AvgIpc) is 3.40. The molecule has 32 heavy (non-hydrogen) atoms. The number of methoxy groups -OCH3 is 3. The van der Waals surface area contributed by atoms with Crippen LogP contribution in [0.4, 0.5) is 15.8 Å². The van der Waals surface area contributed by atoms with E-state index in [2.05, 4.69) is 5.32 Å². The van der Waals surface area contributed by atoms with E-state index < -0.39 is 17.6 Å². The van der Waals surface area contributed by atoms with Gasteiger partial charge in [0.15, 0.2) is 11.5 Å². The third-order valence-electron chi connectivity index (χ3n) is 4.88. The Bertz CT molecular complexity index is 1200. The number of amides is 2. The quantitative estimate of drug-likeness (QED) is 0.536. The molecule has 0 spiro atoms. The molecule has 3 aromatic rings. The fraction of sp³-hybridized carbons (Fsp3) is 0.130. The largest absolute Gasteiger partial charge is 0.493 e. The Morgan fingerprint density at radius 1 is 0.906 bits per heavy atom. The first-order chi connectivity index (χ1) is 15.5. The van der Waals surface area contributed by atoms with Crippen molar-refractivity contribution in [2.45, 2.75) is 0 Å². The van der Waals surface area contributed by atoms with Crippen LogP contribution in [0, 0.1) is 5.82 Å². The summed E-state index contributed by atoms with van der Waals surface area (Å²) in [5.74, 6) is -0.830. The van der Waals surface area contributed by atoms with Gasteiger partial charge in [0.05, 0.1) is 32.6 Å². The maximum absolute atomic E-state index is 14.5. The SMILES string of the molecule is COc1cc(NC2=C(c3cccs3)C(=O)N(c3ccccc3F)C2=O)cc(OC)c1OC. The normalized spacial score (nSPS) is 13.6. The van der Waals surface area contributed by atoms with Gasteiger partial charge in [-0.2, -0.15) is 0 Å². The van der Waals surface area contributed by atoms with Crippen molar-refractivity contribution < 1.29 is 28.2 Å². The zero-order valence-electron chi connectivity index (χ0n) is 17.5. The maximum atomic E-state index is 14.5. The van der Waals surface area contributed by atoms with Crippen molar-refractivity contribution in [3.05, 3.63) is 70.3 Å². The van der Waals surface area contributed by atoms with Gasteiger partial charge in [0.1, 0.15) is 11.5 Å². The standard InChI is InChI=1S/C23H19FN2O5S/c1-29-16-11-13(12-17(30-2)21(16)31-3)25-20-19(18-9-6-10-32-18)22(27)26(23(20)28)15-8-5-4-7-14(15)24/h4-12,25H,1-3H3. The number of para-hydroxylation sites is 1. The topological polar surface area (TPSA) is 77.1 Å². The molecule has 2 aromatic carbocycles. The average molecular weight is 454 g/mol. The molecular formula is C23H19FN2O5S. The number of benzene rings is 2. The molecule has 4 rings (SSSR count). The van der Waals surface area contributed by atoms with Crippen LogP contribution in [0.15, 0.2) is 59.6 Å². The lowest BCUT2D eigenvalue weighted by molar-refractivity contribution is -0.120. The Morgan fingerprint density at radius 2 is 1.59 bits per heavy atom. The summed E-state index contributed by atoms with van der Waals surface area (Å²) in [6.45, 7) is 0. The van der Waals surface area contributed by atoms with Crippen molar-refractivity contribution in [2.75, 3.05) is 31.5 Å². The molecule has 0 saturated heterocycles. The summed E-state index contributed by atoms with van der Waals surface area (Å²) in [6.07, 6.45) is 0. The van der Waals surface area contributed by atoms with Gasteiger partial charge in [-0.15, -0.1) is 11.3 Å². The summed E-state index contributed by atoms with van der Waals surface area (Å²) in [5, 5.41) is 4.81. The minimum Gasteiger partial charge on any atom is -0.493 e. The van der Waals surface area contributed by atoms with Gasteiger partial charge in [0.2, 0.25) is 5.75 Å². The molecule has 0 atom stereocenters. The molecule has 7 nitrogen and oxygen atoms in total. The van der Waals surface area contributed by atoms with Crippen LogP contribution in [-0.4, -0.2) is 33.1 Å². The lowest BCUT2D eigenvalue weighted by Crippen LogP contribution is -2.33. The second-order valence-electron chi connectivity index (χ2n) is 6.66. The van der Waals surface area contributed by atoms with Gasteiger partial charge in [-0.25, -0.2) is 9.29 Å². The number of rotatable bonds is 7. The molecule has 1 aliphatic heterocycles. The van der Waals surface area contributed by atoms with Crippen LogP contribution in [0.3, 0.4) is 0 Å². The molecule has 0 radical (unpaired) electrons. The van der Waals surface area contributed by atoms with Crippen molar-refractivity contribution in [1.29, 1.82) is 0 Å². The lowest BCUT2D eigenvalue weighted by Gasteiger charge is -2.17. The predicted molar refractivity (Wildman–Crippen MR) is 120 cm³/mol. The van der Waals surface area contributed by atoms with Crippen molar-refractivity contribution in [1.82, 2.24) is 0 Å². The van der Waals surface area contributed by atoms with Gasteiger partial charge in [0, 0.05) is 22.7 Å². The number of nitrogens with zero attached hydrogens (tertiary/aromatic N) is 1. The number of carbonyl (C=O) groups is 2. The minimum atomic E-state index is -0.672. The zero-order valence-corrected chi connectivity index (χ0v) is 18.3. The van der Waals surface area contributed by atoms with Gasteiger partial charge in [-0.05, 0) is 23.6 Å². The zero-order chi connectivity index (χ0) is 22.8. The third kappa shape index (κ3) is 3.56. The number of hydrogen-bond acceptors (Lipinski definition) is 7. The van der Waals surface area contributed by atoms with E-state index in [1.807, 2.05) is 0 Å². The molecule has 0 aliphatic carbocycles. The summed E-state index contributed by atoms with van der Waals surface area (Å²) in [7, 11) is 4.43. The number of nitrogens with one attached hydrogen (secondary N) is 1. The first-order valence-corrected chi connectivity index (χ1v) is 10.4. The molecule has 0 bridgehead atoms. The molecule has 0 unspecified atom stereocenters. The van der Waals surface area contributed by atoms with E-state index in [-0.39, 0.29) is 17.0 Å². The number of anilines is 2. The smallest absolute Gasteiger partial charge is 0.282 e. The number of thiophene rings is 1. The van der Waals surface area contributed by atoms with Crippen LogP contribution in [0.25, 0.3) is 5.57 Å². The number of ether oxygens (including phenoxy) is 3. The lowest BCUT2D eigenvalue weighted by atomic mass is 10.1. The van der Waals surface area contributed by atoms with Crippen molar-refractivity contribution in [2.24, 2.45) is 0 Å². The van der Waals surface area contributed by atoms with Crippen LogP contribution in [0.1, 0.15) is 4.88 Å². The number of halogens is 1. The highest BCUT2D eigenvalue weighted by Crippen LogP contribution is 2.42. The van der Waals surface area contributed by atoms with Gasteiger partial charge >= 0.3 is 0 Å². The summed E-state index contributed by atoms with van der Waals surface area (Å²) < 4.78 is 30.5. The number of imide groups is 1. The Morgan fingerprint density at radius 3 is 2.16 bits per heavy atom. The van der Waals surface area contributed by atoms with Gasteiger partial charge in [-0.1, -0.05) is 18.2 Å². The second kappa shape index (κ2) is 8.72. The molecule has 164 valence electrons. The van der Waals surface area contributed by atoms with Crippen LogP contribution in [0.5, 0.6) is 17.2 Å². The molecule has 0 saturated carbocycles. The first kappa shape index (κ1) is 21.4. The van der Waals surface area contributed by atoms with Crippen LogP contribution in [-0.2, 0) is 9.59 Å². The fourth-order valence-corrected chi connectivity index (χ4v) is 4.21. The Labute approximate surface area is 187 Å². The van der Waals surface area contributed by atoms with E-state index in [1.54, 1.807) is 35.7 Å². The fourth-order valence-electron chi connectivity index (χ4n) is 3.44. The highest BCUT2D eigenvalue weighted by Gasteiger charge is 2.41. The molecule has 9 heteroatoms. The van der Waals surface area contributed by atoms with E-state index in [0.717, 1.165) is 4.90 Å². The second-order valence-corrected chi connectivity index (χ2v) is 7.61. The van der Waals surface area contributed by atoms with Gasteiger partial charge < -0.3 is 19.5 Å². The molecular weight excluding hydrogens is 435 g/mol. The third-order valence-corrected chi connectivity index (χ3v) is 5.77. The molecule has 1 aromatic heterocycles. The Hall–Kier alpha value is -3.85. The van der Waals surface area contributed by atoms with E-state index in [9.17, 15) is 14.0 Å². The molecule has 1 aliphatic rings. The molecule has 0 fully saturated rings. The van der Waals surface area contributed by atoms with E-state index in [0.29, 0.717) is 27.8 Å². The number of carbonyl (C=O) groups excluding carboxylic acids is 2. The Balaban J connectivity index is 1.83. The molecule has 2 amide bonds. The molecule has 1 N–H and O–H groups in total. The van der Waals surface area contributed by atoms with Crippen molar-refractivity contribution in [3.63, 3.8) is 0 Å². The van der Waals surface area contributed by atoms with Crippen molar-refractivity contribution >= 4 is 40.1 Å². The Kier molecular flexibility index (Phi) is 5.83. The number of hydrogen-bond donors (Lipinski definition) is 1. The maximum Gasteiger partial charge on any atom is 0.282 e. The van der Waals surface area contributed by atoms with Crippen LogP contribution in [0.2, 0.25) is 0 Å². The van der Waals surface area contributed by atoms with Gasteiger partial charge in [-0.3, -0.25) is 9.59 Å². The minimum absolute atomic E-state index is 0.0231. The van der Waals surface area contributed by atoms with Crippen LogP contribution >= 0.6 is 11.3 Å². The summed E-state index contributed by atoms with van der Waals surface area (Å²) in [5.41, 5.74) is 0.496. The van der Waals surface area contributed by atoms with Crippen molar-refractivity contribution in [3.8, 4) is 17.2 Å². The van der Waals surface area contributed by atoms with E-state index in [1.165, 1.54) is 50.9 Å². The van der Waals surface area contributed by atoms with Gasteiger partial charge in [0.25, 0.3) is 11.8 Å². The highest BCUT2D eigenvalue weighted by atomic mass is 32.1. The van der Waals surface area contributed by atoms with E-state index >= 15 is 0 Å². The monoisotopic (exact) mass is 454 g/mol. The summed E-state index contributed by atoms with van der Waals surface area (Å²) >= 11 is 1.30. The highest BCUT2D eigenvalue weighted by molar-refractivity contribution is 7.11.